The number of aromatic nitrogens is 1. The zero-order valence-corrected chi connectivity index (χ0v) is 19.0. The molecule has 7 nitrogen and oxygen atoms in total. The number of carbonyl (C=O) groups excluding carboxylic acids is 1. The summed E-state index contributed by atoms with van der Waals surface area (Å²) in [4.78, 5) is 22.5. The van der Waals surface area contributed by atoms with Crippen LogP contribution in [0.3, 0.4) is 0 Å². The number of alkyl halides is 1. The Kier molecular flexibility index (Phi) is 5.84. The first-order valence-electron chi connectivity index (χ1n) is 11.5. The van der Waals surface area contributed by atoms with Gasteiger partial charge in [-0.15, -0.1) is 0 Å². The Bertz CT molecular complexity index is 936. The van der Waals surface area contributed by atoms with Crippen LogP contribution < -0.4 is 10.2 Å². The number of fused-ring (bicyclic) bond motifs is 3. The lowest BCUT2D eigenvalue weighted by Crippen LogP contribution is -2.55. The number of anilines is 1. The van der Waals surface area contributed by atoms with Crippen LogP contribution in [0.1, 0.15) is 55.8 Å². The topological polar surface area (TPSA) is 70.8 Å². The summed E-state index contributed by atoms with van der Waals surface area (Å²) in [6, 6.07) is 7.57. The minimum absolute atomic E-state index is 0.0673. The molecule has 2 bridgehead atoms. The Morgan fingerprint density at radius 2 is 2.06 bits per heavy atom. The quantitative estimate of drug-likeness (QED) is 0.721. The zero-order chi connectivity index (χ0) is 21.5. The van der Waals surface area contributed by atoms with E-state index < -0.39 is 5.56 Å². The molecule has 0 saturated carbocycles. The Balaban J connectivity index is 1.37. The number of ether oxygens (including phenoxy) is 1. The van der Waals surface area contributed by atoms with Crippen molar-refractivity contribution >= 4 is 34.6 Å². The Labute approximate surface area is 188 Å². The van der Waals surface area contributed by atoms with Crippen LogP contribution in [0.25, 0.3) is 11.1 Å². The van der Waals surface area contributed by atoms with Gasteiger partial charge in [-0.05, 0) is 51.3 Å². The molecule has 0 radical (unpaired) electrons. The van der Waals surface area contributed by atoms with Crippen LogP contribution in [0.4, 0.5) is 6.01 Å². The zero-order valence-electron chi connectivity index (χ0n) is 18.2. The summed E-state index contributed by atoms with van der Waals surface area (Å²) in [5, 5.41) is 3.29. The van der Waals surface area contributed by atoms with Crippen LogP contribution in [0.15, 0.2) is 22.6 Å². The van der Waals surface area contributed by atoms with Gasteiger partial charge < -0.3 is 24.3 Å². The Hall–Kier alpha value is -1.83. The number of halogens is 1. The Morgan fingerprint density at radius 1 is 1.29 bits per heavy atom. The molecule has 3 aliphatic heterocycles. The first-order valence-corrected chi connectivity index (χ1v) is 11.9. The normalized spacial score (nSPS) is 31.7. The number of hydrogen-bond acceptors (Lipinski definition) is 6. The molecule has 168 valence electrons. The highest BCUT2D eigenvalue weighted by molar-refractivity contribution is 6.20. The summed E-state index contributed by atoms with van der Waals surface area (Å²) < 4.78 is 11.6. The fourth-order valence-electron chi connectivity index (χ4n) is 5.47. The lowest BCUT2D eigenvalue weighted by molar-refractivity contribution is 0.0463. The van der Waals surface area contributed by atoms with E-state index in [0.717, 1.165) is 19.3 Å². The predicted octanol–water partition coefficient (Wildman–Crippen LogP) is 3.75. The van der Waals surface area contributed by atoms with Crippen LogP contribution in [-0.4, -0.2) is 65.7 Å². The van der Waals surface area contributed by atoms with E-state index in [2.05, 4.69) is 29.1 Å². The maximum Gasteiger partial charge on any atom is 0.298 e. The van der Waals surface area contributed by atoms with Crippen LogP contribution in [0.2, 0.25) is 0 Å². The molecular weight excluding hydrogens is 416 g/mol. The van der Waals surface area contributed by atoms with E-state index in [4.69, 9.17) is 25.7 Å². The van der Waals surface area contributed by atoms with Gasteiger partial charge >= 0.3 is 0 Å². The lowest BCUT2D eigenvalue weighted by Gasteiger charge is -2.47. The average Bonchev–Trinajstić information content (AvgIpc) is 3.18. The molecule has 8 heteroatoms. The molecule has 3 aliphatic rings. The number of hydrogen-bond donors (Lipinski definition) is 1. The van der Waals surface area contributed by atoms with Crippen molar-refractivity contribution in [1.29, 1.82) is 0 Å². The molecule has 0 spiro atoms. The van der Waals surface area contributed by atoms with Crippen molar-refractivity contribution in [3.05, 3.63) is 23.8 Å². The minimum atomic E-state index is -0.399. The van der Waals surface area contributed by atoms with Crippen LogP contribution >= 0.6 is 11.6 Å². The van der Waals surface area contributed by atoms with Crippen molar-refractivity contribution in [2.45, 2.75) is 75.2 Å². The molecule has 1 aromatic heterocycles. The van der Waals surface area contributed by atoms with E-state index in [0.29, 0.717) is 47.9 Å². The maximum atomic E-state index is 13.2. The van der Waals surface area contributed by atoms with Gasteiger partial charge in [-0.3, -0.25) is 4.79 Å². The van der Waals surface area contributed by atoms with E-state index >= 15 is 0 Å². The number of carbonyl (C=O) groups is 1. The molecule has 3 unspecified atom stereocenters. The summed E-state index contributed by atoms with van der Waals surface area (Å²) in [7, 11) is 2.23. The van der Waals surface area contributed by atoms with E-state index in [1.54, 1.807) is 0 Å². The molecule has 1 amide bonds. The molecule has 2 aromatic rings. The van der Waals surface area contributed by atoms with Crippen molar-refractivity contribution in [2.24, 2.45) is 0 Å². The number of piperidine rings is 2. The van der Waals surface area contributed by atoms with Gasteiger partial charge in [0.25, 0.3) is 11.9 Å². The first kappa shape index (κ1) is 21.0. The van der Waals surface area contributed by atoms with Crippen molar-refractivity contribution in [2.75, 3.05) is 25.1 Å². The highest BCUT2D eigenvalue weighted by Crippen LogP contribution is 2.33. The summed E-state index contributed by atoms with van der Waals surface area (Å²) >= 11 is 6.22. The standard InChI is InChI=1S/C23H31ClN4O3/c1-3-15-13-30-20(24)12-28(15)23-26-21-18(8-5-9-19(21)31-23)22(29)25-14-10-16-6-4-7-17(11-14)27(16)2/h5,8-9,14-17,20H,3-4,6-7,10-13H2,1-2H3,(H,25,29)/t14?,15-,16?,17?,20?/m0/s1. The van der Waals surface area contributed by atoms with Crippen LogP contribution in [0, 0.1) is 0 Å². The highest BCUT2D eigenvalue weighted by atomic mass is 35.5. The third kappa shape index (κ3) is 4.03. The van der Waals surface area contributed by atoms with E-state index in [9.17, 15) is 4.79 Å². The summed E-state index contributed by atoms with van der Waals surface area (Å²) in [6.45, 7) is 3.15. The SMILES string of the molecule is CC[C@H]1COC(Cl)CN1c1nc2c(C(=O)NC3CC4CCCC(C3)N4C)cccc2o1. The number of amides is 1. The van der Waals surface area contributed by atoms with Gasteiger partial charge in [-0.1, -0.05) is 31.0 Å². The molecule has 4 atom stereocenters. The van der Waals surface area contributed by atoms with Crippen molar-refractivity contribution < 1.29 is 13.9 Å². The van der Waals surface area contributed by atoms with Gasteiger partial charge in [0.2, 0.25) is 0 Å². The molecule has 5 rings (SSSR count). The second-order valence-electron chi connectivity index (χ2n) is 9.15. The smallest absolute Gasteiger partial charge is 0.298 e. The van der Waals surface area contributed by atoms with E-state index in [1.807, 2.05) is 18.2 Å². The van der Waals surface area contributed by atoms with Gasteiger partial charge in [0.15, 0.2) is 5.58 Å². The second kappa shape index (κ2) is 8.60. The molecule has 3 fully saturated rings. The number of morpholine rings is 1. The minimum Gasteiger partial charge on any atom is -0.423 e. The summed E-state index contributed by atoms with van der Waals surface area (Å²) in [5.41, 5.74) is 1.40. The Morgan fingerprint density at radius 3 is 2.81 bits per heavy atom. The van der Waals surface area contributed by atoms with Gasteiger partial charge in [0.1, 0.15) is 11.1 Å². The number of nitrogens with one attached hydrogen (secondary N) is 1. The van der Waals surface area contributed by atoms with Gasteiger partial charge in [-0.2, -0.15) is 4.98 Å². The molecule has 31 heavy (non-hydrogen) atoms. The molecule has 1 N–H and O–H groups in total. The summed E-state index contributed by atoms with van der Waals surface area (Å²) in [5.74, 6) is -0.0673. The predicted molar refractivity (Wildman–Crippen MR) is 121 cm³/mol. The average molecular weight is 447 g/mol. The van der Waals surface area contributed by atoms with Gasteiger partial charge in [-0.25, -0.2) is 0 Å². The van der Waals surface area contributed by atoms with Gasteiger partial charge in [0, 0.05) is 18.1 Å². The highest BCUT2D eigenvalue weighted by Gasteiger charge is 2.37. The van der Waals surface area contributed by atoms with Crippen molar-refractivity contribution in [3.8, 4) is 0 Å². The molecule has 4 heterocycles. The second-order valence-corrected chi connectivity index (χ2v) is 9.64. The van der Waals surface area contributed by atoms with Crippen LogP contribution in [-0.2, 0) is 4.74 Å². The number of rotatable bonds is 4. The number of oxazole rings is 1. The largest absolute Gasteiger partial charge is 0.423 e. The van der Waals surface area contributed by atoms with E-state index in [1.165, 1.54) is 19.3 Å². The van der Waals surface area contributed by atoms with Crippen molar-refractivity contribution in [3.63, 3.8) is 0 Å². The molecular formula is C23H31ClN4O3. The van der Waals surface area contributed by atoms with E-state index in [-0.39, 0.29) is 18.0 Å². The third-order valence-corrected chi connectivity index (χ3v) is 7.56. The first-order chi connectivity index (χ1) is 15.0. The monoisotopic (exact) mass is 446 g/mol. The maximum absolute atomic E-state index is 13.2. The molecule has 1 aromatic carbocycles. The van der Waals surface area contributed by atoms with Gasteiger partial charge in [0.05, 0.1) is 24.8 Å². The third-order valence-electron chi connectivity index (χ3n) is 7.29. The number of para-hydroxylation sites is 1. The lowest BCUT2D eigenvalue weighted by atomic mass is 9.82. The summed E-state index contributed by atoms with van der Waals surface area (Å²) in [6.07, 6.45) is 6.67. The number of benzene rings is 1. The fraction of sp³-hybridized carbons (Fsp3) is 0.652. The fourth-order valence-corrected chi connectivity index (χ4v) is 5.70. The number of nitrogens with zero attached hydrogens (tertiary/aromatic N) is 3. The molecule has 3 saturated heterocycles. The molecule has 0 aliphatic carbocycles. The van der Waals surface area contributed by atoms with Crippen molar-refractivity contribution in [1.82, 2.24) is 15.2 Å². The van der Waals surface area contributed by atoms with Crippen LogP contribution in [0.5, 0.6) is 0 Å².